The van der Waals surface area contributed by atoms with Crippen LogP contribution in [-0.4, -0.2) is 83.2 Å². The summed E-state index contributed by atoms with van der Waals surface area (Å²) in [6.07, 6.45) is 3.61. The van der Waals surface area contributed by atoms with Crippen LogP contribution in [0.2, 0.25) is 0 Å². The molecule has 0 aliphatic carbocycles. The molecule has 2 saturated heterocycles. The van der Waals surface area contributed by atoms with Crippen molar-refractivity contribution in [2.75, 3.05) is 37.9 Å². The standard InChI is InChI=1S/C30H46N5O5S/c1-21(2)26(31)33-28(37)34-14-12-22(13-15-34)7-6-17-39-24-10-8-23(9-11-24)19-25(27(36)35-16-18-41-20-35)32-29(38)40-30(3,4)5/h8-11,21-22,25H,6-7,12-20H2,1-5H3,(H2-,31,32,33,37,38)/q-1/t25-/m0/s1. The number of rotatable bonds is 10. The Labute approximate surface area is 248 Å². The molecule has 2 heterocycles. The summed E-state index contributed by atoms with van der Waals surface area (Å²) in [4.78, 5) is 41.4. The molecular weight excluding hydrogens is 542 g/mol. The molecule has 0 unspecified atom stereocenters. The molecule has 2 aliphatic heterocycles. The molecule has 4 amide bonds. The summed E-state index contributed by atoms with van der Waals surface area (Å²) in [6, 6.07) is 6.73. The van der Waals surface area contributed by atoms with E-state index in [9.17, 15) is 19.8 Å². The highest BCUT2D eigenvalue weighted by Gasteiger charge is 2.30. The van der Waals surface area contributed by atoms with Crippen molar-refractivity contribution >= 4 is 35.6 Å². The normalized spacial score (nSPS) is 16.8. The number of carbonyl (C=O) groups excluding carboxylic acids is 3. The number of urea groups is 1. The number of amidine groups is 1. The summed E-state index contributed by atoms with van der Waals surface area (Å²) in [7, 11) is 0. The smallest absolute Gasteiger partial charge is 0.408 e. The maximum Gasteiger partial charge on any atom is 0.408 e. The van der Waals surface area contributed by atoms with E-state index in [1.54, 1.807) is 42.3 Å². The predicted molar refractivity (Wildman–Crippen MR) is 163 cm³/mol. The lowest BCUT2D eigenvalue weighted by atomic mass is 9.92. The number of alkyl carbamates (subject to hydrolysis) is 1. The molecule has 0 saturated carbocycles. The summed E-state index contributed by atoms with van der Waals surface area (Å²) in [5.74, 6) is 2.65. The van der Waals surface area contributed by atoms with Crippen LogP contribution < -0.4 is 15.4 Å². The van der Waals surface area contributed by atoms with Crippen LogP contribution in [0.4, 0.5) is 9.59 Å². The second kappa shape index (κ2) is 15.3. The van der Waals surface area contributed by atoms with Crippen LogP contribution >= 0.6 is 11.8 Å². The molecule has 3 rings (SSSR count). The minimum Gasteiger partial charge on any atom is -0.494 e. The monoisotopic (exact) mass is 588 g/mol. The molecule has 11 heteroatoms. The third kappa shape index (κ3) is 11.1. The van der Waals surface area contributed by atoms with Gasteiger partial charge in [-0.1, -0.05) is 31.8 Å². The number of ether oxygens (including phenoxy) is 2. The number of nitrogens with zero attached hydrogens (tertiary/aromatic N) is 3. The van der Waals surface area contributed by atoms with E-state index in [0.29, 0.717) is 44.5 Å². The summed E-state index contributed by atoms with van der Waals surface area (Å²) in [5, 5.41) is 15.2. The lowest BCUT2D eigenvalue weighted by Crippen LogP contribution is -2.50. The first-order chi connectivity index (χ1) is 19.4. The van der Waals surface area contributed by atoms with Gasteiger partial charge in [-0.3, -0.25) is 9.59 Å². The van der Waals surface area contributed by atoms with Crippen LogP contribution in [0.3, 0.4) is 0 Å². The SMILES string of the molecule is CC(C)C(=[N-])NC(=O)N1CCC(CCCOc2ccc(C[C@H](NC(=O)OC(C)(C)C)C(=O)N3CCSC3)cc2)CC1. The van der Waals surface area contributed by atoms with Gasteiger partial charge in [0.25, 0.3) is 0 Å². The van der Waals surface area contributed by atoms with Gasteiger partial charge in [-0.15, -0.1) is 11.8 Å². The molecule has 1 atom stereocenters. The molecule has 0 aromatic heterocycles. The molecule has 2 N–H and O–H groups in total. The van der Waals surface area contributed by atoms with E-state index in [4.69, 9.17) is 9.47 Å². The Morgan fingerprint density at radius 2 is 1.76 bits per heavy atom. The van der Waals surface area contributed by atoms with Gasteiger partial charge in [0.15, 0.2) is 0 Å². The molecule has 0 bridgehead atoms. The molecule has 0 radical (unpaired) electrons. The van der Waals surface area contributed by atoms with E-state index in [1.807, 2.05) is 38.1 Å². The Balaban J connectivity index is 1.41. The van der Waals surface area contributed by atoms with Crippen LogP contribution in [0.15, 0.2) is 24.3 Å². The molecule has 1 aromatic carbocycles. The molecule has 2 fully saturated rings. The first kappa shape index (κ1) is 32.6. The van der Waals surface area contributed by atoms with E-state index < -0.39 is 17.7 Å². The third-order valence-electron chi connectivity index (χ3n) is 7.13. The highest BCUT2D eigenvalue weighted by atomic mass is 32.2. The Kier molecular flexibility index (Phi) is 12.2. The Morgan fingerprint density at radius 3 is 2.34 bits per heavy atom. The number of hydrogen-bond acceptors (Lipinski definition) is 6. The average Bonchev–Trinajstić information content (AvgIpc) is 3.45. The molecule has 41 heavy (non-hydrogen) atoms. The van der Waals surface area contributed by atoms with Crippen molar-refractivity contribution < 1.29 is 23.9 Å². The minimum atomic E-state index is -0.702. The number of nitrogens with one attached hydrogen (secondary N) is 2. The second-order valence-electron chi connectivity index (χ2n) is 12.1. The van der Waals surface area contributed by atoms with Crippen molar-refractivity contribution in [1.29, 1.82) is 0 Å². The fourth-order valence-electron chi connectivity index (χ4n) is 4.74. The molecule has 0 spiro atoms. The highest BCUT2D eigenvalue weighted by Crippen LogP contribution is 2.23. The summed E-state index contributed by atoms with van der Waals surface area (Å²) < 4.78 is 11.4. The van der Waals surface area contributed by atoms with Crippen molar-refractivity contribution in [3.05, 3.63) is 35.2 Å². The van der Waals surface area contributed by atoms with Gasteiger partial charge in [0, 0.05) is 31.8 Å². The van der Waals surface area contributed by atoms with Crippen molar-refractivity contribution in [3.63, 3.8) is 0 Å². The van der Waals surface area contributed by atoms with Crippen molar-refractivity contribution in [2.45, 2.75) is 78.4 Å². The lowest BCUT2D eigenvalue weighted by molar-refractivity contribution is -0.132. The van der Waals surface area contributed by atoms with Crippen molar-refractivity contribution in [1.82, 2.24) is 20.4 Å². The van der Waals surface area contributed by atoms with E-state index in [1.165, 1.54) is 0 Å². The predicted octanol–water partition coefficient (Wildman–Crippen LogP) is 4.86. The fraction of sp³-hybridized carbons (Fsp3) is 0.667. The van der Waals surface area contributed by atoms with E-state index >= 15 is 0 Å². The van der Waals surface area contributed by atoms with E-state index in [2.05, 4.69) is 10.6 Å². The lowest BCUT2D eigenvalue weighted by Gasteiger charge is -2.35. The average molecular weight is 589 g/mol. The number of carbonyl (C=O) groups is 3. The van der Waals surface area contributed by atoms with Gasteiger partial charge in [0.1, 0.15) is 17.4 Å². The summed E-state index contributed by atoms with van der Waals surface area (Å²) >= 11 is 1.70. The number of amides is 4. The molecular formula is C30H46N5O5S-. The van der Waals surface area contributed by atoms with E-state index in [-0.39, 0.29) is 23.7 Å². The highest BCUT2D eigenvalue weighted by molar-refractivity contribution is 7.99. The topological polar surface area (TPSA) is 123 Å². The Morgan fingerprint density at radius 1 is 1.07 bits per heavy atom. The largest absolute Gasteiger partial charge is 0.494 e. The first-order valence-corrected chi connectivity index (χ1v) is 15.8. The van der Waals surface area contributed by atoms with Crippen LogP contribution in [-0.2, 0) is 16.0 Å². The van der Waals surface area contributed by atoms with Gasteiger partial charge >= 0.3 is 6.09 Å². The minimum absolute atomic E-state index is 0.00865. The Bertz CT molecular complexity index is 1030. The van der Waals surface area contributed by atoms with E-state index in [0.717, 1.165) is 42.7 Å². The molecule has 2 aliphatic rings. The number of benzene rings is 1. The maximum absolute atomic E-state index is 13.1. The van der Waals surface area contributed by atoms with Gasteiger partial charge < -0.3 is 35.3 Å². The number of likely N-dealkylation sites (tertiary alicyclic amines) is 1. The molecule has 1 aromatic rings. The van der Waals surface area contributed by atoms with Gasteiger partial charge in [0.2, 0.25) is 11.9 Å². The zero-order chi connectivity index (χ0) is 30.0. The second-order valence-corrected chi connectivity index (χ2v) is 13.2. The summed E-state index contributed by atoms with van der Waals surface area (Å²) in [6.45, 7) is 11.7. The molecule has 228 valence electrons. The van der Waals surface area contributed by atoms with Crippen LogP contribution in [0.1, 0.15) is 65.9 Å². The molecule has 10 nitrogen and oxygen atoms in total. The van der Waals surface area contributed by atoms with Gasteiger partial charge in [-0.25, -0.2) is 4.79 Å². The third-order valence-corrected chi connectivity index (χ3v) is 8.09. The van der Waals surface area contributed by atoms with Crippen molar-refractivity contribution in [3.8, 4) is 5.75 Å². The quantitative estimate of drug-likeness (QED) is 0.229. The van der Waals surface area contributed by atoms with Gasteiger partial charge in [0.05, 0.1) is 12.5 Å². The number of piperidine rings is 1. The van der Waals surface area contributed by atoms with Crippen LogP contribution in [0.25, 0.3) is 5.41 Å². The van der Waals surface area contributed by atoms with Crippen LogP contribution in [0, 0.1) is 11.8 Å². The first-order valence-electron chi connectivity index (χ1n) is 14.6. The van der Waals surface area contributed by atoms with Crippen LogP contribution in [0.5, 0.6) is 5.75 Å². The van der Waals surface area contributed by atoms with Gasteiger partial charge in [-0.05, 0) is 76.0 Å². The number of thioether (sulfide) groups is 1. The zero-order valence-corrected chi connectivity index (χ0v) is 25.9. The zero-order valence-electron chi connectivity index (χ0n) is 25.1. The number of hydrogen-bond donors (Lipinski definition) is 2. The van der Waals surface area contributed by atoms with Gasteiger partial charge in [-0.2, -0.15) is 0 Å². The Hall–Kier alpha value is -2.95. The fourth-order valence-corrected chi connectivity index (χ4v) is 5.69. The summed E-state index contributed by atoms with van der Waals surface area (Å²) in [5.41, 5.74) is 0.277. The maximum atomic E-state index is 13.1. The van der Waals surface area contributed by atoms with Crippen molar-refractivity contribution in [2.24, 2.45) is 11.8 Å².